The molecule has 0 aliphatic rings. The average Bonchev–Trinajstić information content (AvgIpc) is 3.27. The number of carbonyl (C=O) groups excluding carboxylic acids is 1. The first-order valence-electron chi connectivity index (χ1n) is 9.66. The Morgan fingerprint density at radius 3 is 2.52 bits per heavy atom. The zero-order valence-corrected chi connectivity index (χ0v) is 18.9. The van der Waals surface area contributed by atoms with E-state index >= 15 is 0 Å². The van der Waals surface area contributed by atoms with E-state index in [0.717, 1.165) is 27.4 Å². The van der Waals surface area contributed by atoms with Crippen LogP contribution in [0.15, 0.2) is 54.6 Å². The van der Waals surface area contributed by atoms with Gasteiger partial charge in [0.05, 0.1) is 30.6 Å². The van der Waals surface area contributed by atoms with Crippen LogP contribution < -0.4 is 10.1 Å². The fourth-order valence-corrected chi connectivity index (χ4v) is 4.45. The second-order valence-electron chi connectivity index (χ2n) is 7.00. The van der Waals surface area contributed by atoms with E-state index in [1.54, 1.807) is 18.7 Å². The summed E-state index contributed by atoms with van der Waals surface area (Å²) in [7, 11) is 1.63. The highest BCUT2D eigenvalue weighted by atomic mass is 35.5. The van der Waals surface area contributed by atoms with Gasteiger partial charge in [0.2, 0.25) is 0 Å². The van der Waals surface area contributed by atoms with Crippen LogP contribution >= 0.6 is 22.9 Å². The Balaban J connectivity index is 1.55. The predicted molar refractivity (Wildman–Crippen MR) is 124 cm³/mol. The van der Waals surface area contributed by atoms with Crippen LogP contribution in [-0.4, -0.2) is 27.8 Å². The molecular formula is C23H21ClN4O2S. The lowest BCUT2D eigenvalue weighted by Crippen LogP contribution is -2.13. The molecule has 2 heterocycles. The first-order chi connectivity index (χ1) is 15.0. The quantitative estimate of drug-likeness (QED) is 0.414. The largest absolute Gasteiger partial charge is 0.497 e. The van der Waals surface area contributed by atoms with Crippen LogP contribution in [0.2, 0.25) is 5.15 Å². The Bertz CT molecular complexity index is 1220. The number of anilines is 1. The Morgan fingerprint density at radius 1 is 1.13 bits per heavy atom. The highest BCUT2D eigenvalue weighted by Gasteiger charge is 2.22. The number of hydrogen-bond donors (Lipinski definition) is 1. The second-order valence-corrected chi connectivity index (χ2v) is 8.56. The van der Waals surface area contributed by atoms with Crippen LogP contribution in [0.4, 0.5) is 5.13 Å². The monoisotopic (exact) mass is 452 g/mol. The van der Waals surface area contributed by atoms with Crippen molar-refractivity contribution in [1.29, 1.82) is 0 Å². The predicted octanol–water partition coefficient (Wildman–Crippen LogP) is 5.59. The summed E-state index contributed by atoms with van der Waals surface area (Å²) in [6.07, 6.45) is 0. The van der Waals surface area contributed by atoms with Crippen molar-refractivity contribution in [2.45, 2.75) is 20.4 Å². The van der Waals surface area contributed by atoms with Gasteiger partial charge in [0.1, 0.15) is 10.9 Å². The minimum absolute atomic E-state index is 0.308. The number of nitrogens with zero attached hydrogens (tertiary/aromatic N) is 3. The zero-order valence-electron chi connectivity index (χ0n) is 17.3. The number of ether oxygens (including phenoxy) is 1. The number of amides is 1. The van der Waals surface area contributed by atoms with Crippen LogP contribution in [0.5, 0.6) is 5.75 Å². The van der Waals surface area contributed by atoms with E-state index in [1.165, 1.54) is 11.3 Å². The molecule has 158 valence electrons. The Labute approximate surface area is 189 Å². The maximum atomic E-state index is 13.0. The molecule has 0 atom stereocenters. The number of aryl methyl sites for hydroxylation is 2. The fraction of sp³-hybridized carbons (Fsp3) is 0.174. The smallest absolute Gasteiger partial charge is 0.262 e. The Kier molecular flexibility index (Phi) is 6.06. The summed E-state index contributed by atoms with van der Waals surface area (Å²) in [4.78, 5) is 18.6. The van der Waals surface area contributed by atoms with Crippen LogP contribution in [0.1, 0.15) is 26.5 Å². The molecule has 31 heavy (non-hydrogen) atoms. The van der Waals surface area contributed by atoms with Crippen molar-refractivity contribution in [3.05, 3.63) is 81.4 Å². The molecule has 0 aliphatic heterocycles. The molecule has 1 N–H and O–H groups in total. The molecule has 0 radical (unpaired) electrons. The zero-order chi connectivity index (χ0) is 22.0. The number of halogens is 1. The van der Waals surface area contributed by atoms with Gasteiger partial charge in [-0.3, -0.25) is 10.1 Å². The number of benzene rings is 2. The van der Waals surface area contributed by atoms with Gasteiger partial charge in [-0.2, -0.15) is 5.10 Å². The molecule has 0 aliphatic carbocycles. The highest BCUT2D eigenvalue weighted by molar-refractivity contribution is 7.16. The molecule has 8 heteroatoms. The van der Waals surface area contributed by atoms with Crippen LogP contribution in [0.3, 0.4) is 0 Å². The lowest BCUT2D eigenvalue weighted by Gasteiger charge is -2.04. The van der Waals surface area contributed by atoms with Crippen molar-refractivity contribution < 1.29 is 9.53 Å². The van der Waals surface area contributed by atoms with Gasteiger partial charge in [-0.15, -0.1) is 11.3 Å². The molecule has 6 nitrogen and oxygen atoms in total. The number of thiazole rings is 1. The molecule has 4 aromatic rings. The summed E-state index contributed by atoms with van der Waals surface area (Å²) in [5, 5.41) is 8.15. The third-order valence-corrected chi connectivity index (χ3v) is 6.12. The number of carbonyl (C=O) groups is 1. The molecule has 1 amide bonds. The molecule has 0 unspecified atom stereocenters. The van der Waals surface area contributed by atoms with Crippen molar-refractivity contribution in [2.75, 3.05) is 12.4 Å². The molecule has 0 fully saturated rings. The van der Waals surface area contributed by atoms with Gasteiger partial charge in [0.15, 0.2) is 5.13 Å². The van der Waals surface area contributed by atoms with Gasteiger partial charge in [0.25, 0.3) is 5.91 Å². The van der Waals surface area contributed by atoms with Gasteiger partial charge < -0.3 is 4.74 Å². The van der Waals surface area contributed by atoms with Crippen molar-refractivity contribution in [3.8, 4) is 17.0 Å². The maximum absolute atomic E-state index is 13.0. The van der Waals surface area contributed by atoms with Gasteiger partial charge in [0, 0.05) is 10.4 Å². The van der Waals surface area contributed by atoms with Crippen molar-refractivity contribution >= 4 is 34.0 Å². The van der Waals surface area contributed by atoms with E-state index in [-0.39, 0.29) is 5.91 Å². The first-order valence-corrected chi connectivity index (χ1v) is 10.9. The molecular weight excluding hydrogens is 432 g/mol. The van der Waals surface area contributed by atoms with E-state index in [4.69, 9.17) is 16.3 Å². The van der Waals surface area contributed by atoms with E-state index in [0.29, 0.717) is 28.1 Å². The number of rotatable bonds is 6. The summed E-state index contributed by atoms with van der Waals surface area (Å²) < 4.78 is 6.84. The third kappa shape index (κ3) is 4.47. The van der Waals surface area contributed by atoms with E-state index in [1.807, 2.05) is 61.5 Å². The number of methoxy groups -OCH3 is 1. The molecule has 2 aromatic carbocycles. The van der Waals surface area contributed by atoms with E-state index < -0.39 is 0 Å². The minimum Gasteiger partial charge on any atom is -0.497 e. The van der Waals surface area contributed by atoms with Crippen molar-refractivity contribution in [2.24, 2.45) is 0 Å². The highest BCUT2D eigenvalue weighted by Crippen LogP contribution is 2.32. The minimum atomic E-state index is -0.322. The summed E-state index contributed by atoms with van der Waals surface area (Å²) in [5.41, 5.74) is 3.77. The Hall–Kier alpha value is -3.16. The summed E-state index contributed by atoms with van der Waals surface area (Å²) in [5.74, 6) is 0.458. The normalized spacial score (nSPS) is 10.8. The second kappa shape index (κ2) is 8.91. The van der Waals surface area contributed by atoms with Crippen LogP contribution in [-0.2, 0) is 6.54 Å². The SMILES string of the molecule is COc1ccc(-c2nc(NC(=O)c3c(C)nn(Cc4ccccc4)c3Cl)sc2C)cc1. The van der Waals surface area contributed by atoms with Gasteiger partial charge in [-0.1, -0.05) is 41.9 Å². The molecule has 0 saturated heterocycles. The van der Waals surface area contributed by atoms with E-state index in [2.05, 4.69) is 15.4 Å². The topological polar surface area (TPSA) is 69.0 Å². The number of nitrogens with one attached hydrogen (secondary N) is 1. The standard InChI is InChI=1S/C23H21ClN4O2S/c1-14-19(21(24)28(27-14)13-16-7-5-4-6-8-16)22(29)26-23-25-20(15(2)31-23)17-9-11-18(30-3)12-10-17/h4-12H,13H2,1-3H3,(H,25,26,29). The molecule has 0 saturated carbocycles. The first kappa shape index (κ1) is 21.1. The lowest BCUT2D eigenvalue weighted by atomic mass is 10.1. The third-order valence-electron chi connectivity index (χ3n) is 4.85. The molecule has 4 rings (SSSR count). The molecule has 0 bridgehead atoms. The summed E-state index contributed by atoms with van der Waals surface area (Å²) in [6, 6.07) is 17.5. The average molecular weight is 453 g/mol. The summed E-state index contributed by atoms with van der Waals surface area (Å²) in [6.45, 7) is 4.24. The fourth-order valence-electron chi connectivity index (χ4n) is 3.30. The van der Waals surface area contributed by atoms with Gasteiger partial charge >= 0.3 is 0 Å². The van der Waals surface area contributed by atoms with Crippen LogP contribution in [0, 0.1) is 13.8 Å². The van der Waals surface area contributed by atoms with Crippen molar-refractivity contribution in [1.82, 2.24) is 14.8 Å². The maximum Gasteiger partial charge on any atom is 0.262 e. The van der Waals surface area contributed by atoms with Gasteiger partial charge in [-0.05, 0) is 43.7 Å². The van der Waals surface area contributed by atoms with Crippen LogP contribution in [0.25, 0.3) is 11.3 Å². The Morgan fingerprint density at radius 2 is 1.84 bits per heavy atom. The van der Waals surface area contributed by atoms with Gasteiger partial charge in [-0.25, -0.2) is 9.67 Å². The summed E-state index contributed by atoms with van der Waals surface area (Å²) >= 11 is 7.93. The lowest BCUT2D eigenvalue weighted by molar-refractivity contribution is 0.102. The molecule has 2 aromatic heterocycles. The van der Waals surface area contributed by atoms with Crippen molar-refractivity contribution in [3.63, 3.8) is 0 Å². The van der Waals surface area contributed by atoms with E-state index in [9.17, 15) is 4.79 Å². The number of hydrogen-bond acceptors (Lipinski definition) is 5. The number of aromatic nitrogens is 3. The molecule has 0 spiro atoms.